The molecular formula is C11H8F7N3O. The first kappa shape index (κ1) is 16.3. The van der Waals surface area contributed by atoms with Crippen LogP contribution in [0, 0.1) is 23.5 Å². The van der Waals surface area contributed by atoms with Gasteiger partial charge in [-0.2, -0.15) is 35.7 Å². The molecule has 1 N–H and O–H groups in total. The second kappa shape index (κ2) is 5.61. The van der Waals surface area contributed by atoms with Crippen molar-refractivity contribution in [2.75, 3.05) is 18.4 Å². The van der Waals surface area contributed by atoms with Gasteiger partial charge in [0.15, 0.2) is 0 Å². The summed E-state index contributed by atoms with van der Waals surface area (Å²) in [6.45, 7) is -1.83. The summed E-state index contributed by atoms with van der Waals surface area (Å²) in [7, 11) is 0. The minimum absolute atomic E-state index is 0.209. The van der Waals surface area contributed by atoms with Gasteiger partial charge in [0.05, 0.1) is 0 Å². The maximum atomic E-state index is 13.4. The molecule has 1 fully saturated rings. The number of halogens is 7. The minimum atomic E-state index is -4.63. The Bertz CT molecular complexity index is 578. The Kier molecular flexibility index (Phi) is 4.16. The Hall–Kier alpha value is -2.07. The van der Waals surface area contributed by atoms with Gasteiger partial charge in [-0.1, -0.05) is 0 Å². The van der Waals surface area contributed by atoms with Gasteiger partial charge in [0.25, 0.3) is 11.9 Å². The van der Waals surface area contributed by atoms with Gasteiger partial charge in [0, 0.05) is 6.54 Å². The summed E-state index contributed by atoms with van der Waals surface area (Å²) in [4.78, 5) is 14.5. The molecule has 1 aromatic heterocycles. The largest absolute Gasteiger partial charge is 0.406 e. The minimum Gasteiger partial charge on any atom is -0.369 e. The van der Waals surface area contributed by atoms with Crippen LogP contribution in [0.3, 0.4) is 0 Å². The number of carbonyl (C=O) groups excluding carboxylic acids is 1. The van der Waals surface area contributed by atoms with Gasteiger partial charge in [-0.3, -0.25) is 4.79 Å². The molecule has 0 bridgehead atoms. The van der Waals surface area contributed by atoms with Crippen molar-refractivity contribution in [3.63, 3.8) is 0 Å². The quantitative estimate of drug-likeness (QED) is 0.682. The van der Waals surface area contributed by atoms with Crippen LogP contribution < -0.4 is 5.32 Å². The predicted molar refractivity (Wildman–Crippen MR) is 58.7 cm³/mol. The zero-order chi connectivity index (χ0) is 16.7. The lowest BCUT2D eigenvalue weighted by Crippen LogP contribution is -2.39. The lowest BCUT2D eigenvalue weighted by Gasteiger charge is -2.19. The van der Waals surface area contributed by atoms with Crippen molar-refractivity contribution in [3.8, 4) is 0 Å². The molecule has 1 aliphatic rings. The zero-order valence-corrected chi connectivity index (χ0v) is 10.6. The van der Waals surface area contributed by atoms with E-state index >= 15 is 0 Å². The molecule has 0 aliphatic carbocycles. The van der Waals surface area contributed by atoms with E-state index in [-0.39, 0.29) is 13.0 Å². The van der Waals surface area contributed by atoms with Crippen molar-refractivity contribution < 1.29 is 35.5 Å². The van der Waals surface area contributed by atoms with Gasteiger partial charge in [0.1, 0.15) is 18.3 Å². The van der Waals surface area contributed by atoms with Gasteiger partial charge in [0.2, 0.25) is 17.5 Å². The fraction of sp³-hybridized carbons (Fsp3) is 0.455. The molecule has 2 heterocycles. The number of pyridine rings is 1. The van der Waals surface area contributed by atoms with Crippen LogP contribution in [0.4, 0.5) is 36.4 Å². The van der Waals surface area contributed by atoms with Crippen LogP contribution in [-0.2, 0) is 4.79 Å². The second-order valence-corrected chi connectivity index (χ2v) is 4.56. The maximum Gasteiger partial charge on any atom is 0.406 e. The molecule has 2 rings (SSSR count). The van der Waals surface area contributed by atoms with Gasteiger partial charge in [-0.15, -0.1) is 0 Å². The molecule has 1 aromatic rings. The number of amides is 1. The predicted octanol–water partition coefficient (Wildman–Crippen LogP) is 2.21. The number of hydrogen-bond donors (Lipinski definition) is 1. The average molecular weight is 331 g/mol. The normalized spacial score (nSPS) is 19.0. The van der Waals surface area contributed by atoms with E-state index < -0.39 is 53.9 Å². The summed E-state index contributed by atoms with van der Waals surface area (Å²) < 4.78 is 89.3. The molecule has 1 aliphatic heterocycles. The van der Waals surface area contributed by atoms with E-state index in [1.807, 2.05) is 5.32 Å². The van der Waals surface area contributed by atoms with Gasteiger partial charge in [-0.25, -0.2) is 0 Å². The van der Waals surface area contributed by atoms with Crippen LogP contribution in [0.15, 0.2) is 0 Å². The van der Waals surface area contributed by atoms with Crippen LogP contribution in [-0.4, -0.2) is 41.1 Å². The first-order valence-electron chi connectivity index (χ1n) is 5.92. The number of nitrogens with one attached hydrogen (secondary N) is 1. The first-order valence-corrected chi connectivity index (χ1v) is 5.92. The second-order valence-electron chi connectivity index (χ2n) is 4.56. The third-order valence-corrected chi connectivity index (χ3v) is 2.98. The van der Waals surface area contributed by atoms with E-state index in [4.69, 9.17) is 0 Å². The van der Waals surface area contributed by atoms with Crippen LogP contribution in [0.2, 0.25) is 0 Å². The number of aromatic nitrogens is 1. The third kappa shape index (κ3) is 3.22. The molecule has 1 amide bonds. The van der Waals surface area contributed by atoms with Crippen molar-refractivity contribution >= 4 is 11.6 Å². The summed E-state index contributed by atoms with van der Waals surface area (Å²) >= 11 is 0. The molecule has 122 valence electrons. The van der Waals surface area contributed by atoms with Crippen LogP contribution in [0.5, 0.6) is 0 Å². The summed E-state index contributed by atoms with van der Waals surface area (Å²) in [5.41, 5.74) is -1.28. The third-order valence-electron chi connectivity index (χ3n) is 2.98. The standard InChI is InChI=1S/C11H8F7N3O/c12-5-7(6(13)9(15)20-8(5)14)19-4-1-2-21(10(4)22)3-11(16,17)18/h4H,1-3H2,(H,19,20). The molecule has 0 radical (unpaired) electrons. The molecule has 0 saturated carbocycles. The molecule has 1 unspecified atom stereocenters. The first-order chi connectivity index (χ1) is 10.1. The fourth-order valence-corrected chi connectivity index (χ4v) is 2.03. The van der Waals surface area contributed by atoms with E-state index in [0.717, 1.165) is 0 Å². The van der Waals surface area contributed by atoms with E-state index in [1.165, 1.54) is 0 Å². The molecule has 0 spiro atoms. The highest BCUT2D eigenvalue weighted by Gasteiger charge is 2.40. The lowest BCUT2D eigenvalue weighted by molar-refractivity contribution is -0.157. The Morgan fingerprint density at radius 2 is 1.68 bits per heavy atom. The van der Waals surface area contributed by atoms with E-state index in [0.29, 0.717) is 4.90 Å². The van der Waals surface area contributed by atoms with E-state index in [1.54, 1.807) is 0 Å². The summed E-state index contributed by atoms with van der Waals surface area (Å²) in [5, 5.41) is 1.90. The molecule has 11 heteroatoms. The summed E-state index contributed by atoms with van der Waals surface area (Å²) in [5.74, 6) is -8.66. The monoisotopic (exact) mass is 331 g/mol. The highest BCUT2D eigenvalue weighted by Crippen LogP contribution is 2.26. The van der Waals surface area contributed by atoms with E-state index in [9.17, 15) is 35.5 Å². The molecular weight excluding hydrogens is 323 g/mol. The van der Waals surface area contributed by atoms with Crippen molar-refractivity contribution in [1.82, 2.24) is 9.88 Å². The smallest absolute Gasteiger partial charge is 0.369 e. The molecule has 0 aromatic carbocycles. The lowest BCUT2D eigenvalue weighted by atomic mass is 10.2. The number of likely N-dealkylation sites (tertiary alicyclic amines) is 1. The number of nitrogens with zero attached hydrogens (tertiary/aromatic N) is 2. The van der Waals surface area contributed by atoms with Gasteiger partial charge >= 0.3 is 6.18 Å². The summed E-state index contributed by atoms with van der Waals surface area (Å²) in [6.07, 6.45) is -4.84. The van der Waals surface area contributed by atoms with Crippen LogP contribution in [0.25, 0.3) is 0 Å². The Balaban J connectivity index is 2.18. The average Bonchev–Trinajstić information content (AvgIpc) is 2.72. The fourth-order valence-electron chi connectivity index (χ4n) is 2.03. The van der Waals surface area contributed by atoms with Crippen molar-refractivity contribution in [2.45, 2.75) is 18.6 Å². The number of hydrogen-bond acceptors (Lipinski definition) is 3. The topological polar surface area (TPSA) is 45.2 Å². The highest BCUT2D eigenvalue weighted by molar-refractivity contribution is 5.86. The van der Waals surface area contributed by atoms with Crippen molar-refractivity contribution in [3.05, 3.63) is 23.5 Å². The maximum absolute atomic E-state index is 13.4. The number of rotatable bonds is 3. The van der Waals surface area contributed by atoms with Crippen LogP contribution >= 0.6 is 0 Å². The summed E-state index contributed by atoms with van der Waals surface area (Å²) in [6, 6.07) is -1.42. The number of alkyl halides is 3. The Morgan fingerprint density at radius 1 is 1.14 bits per heavy atom. The van der Waals surface area contributed by atoms with E-state index in [2.05, 4.69) is 4.98 Å². The molecule has 1 atom stereocenters. The van der Waals surface area contributed by atoms with Gasteiger partial charge < -0.3 is 10.2 Å². The number of anilines is 1. The van der Waals surface area contributed by atoms with Gasteiger partial charge in [-0.05, 0) is 6.42 Å². The van der Waals surface area contributed by atoms with Crippen molar-refractivity contribution in [2.24, 2.45) is 0 Å². The zero-order valence-electron chi connectivity index (χ0n) is 10.6. The Labute approximate surface area is 118 Å². The number of carbonyl (C=O) groups is 1. The molecule has 22 heavy (non-hydrogen) atoms. The molecule has 4 nitrogen and oxygen atoms in total. The molecule has 1 saturated heterocycles. The van der Waals surface area contributed by atoms with Crippen molar-refractivity contribution in [1.29, 1.82) is 0 Å². The SMILES string of the molecule is O=C1C(Nc2c(F)c(F)nc(F)c2F)CCN1CC(F)(F)F. The highest BCUT2D eigenvalue weighted by atomic mass is 19.4. The Morgan fingerprint density at radius 3 is 2.18 bits per heavy atom. The van der Waals surface area contributed by atoms with Crippen LogP contribution in [0.1, 0.15) is 6.42 Å².